The van der Waals surface area contributed by atoms with Gasteiger partial charge >= 0.3 is 0 Å². The zero-order valence-corrected chi connectivity index (χ0v) is 14.6. The molecule has 0 spiro atoms. The molecule has 0 radical (unpaired) electrons. The summed E-state index contributed by atoms with van der Waals surface area (Å²) in [5.41, 5.74) is 2.71. The summed E-state index contributed by atoms with van der Waals surface area (Å²) in [6, 6.07) is 17.7. The van der Waals surface area contributed by atoms with Crippen molar-refractivity contribution in [2.45, 2.75) is 19.4 Å². The maximum atomic E-state index is 3.57. The van der Waals surface area contributed by atoms with Gasteiger partial charge in [-0.25, -0.2) is 0 Å². The quantitative estimate of drug-likeness (QED) is 0.663. The maximum Gasteiger partial charge on any atom is 0.0361 e. The average molecular weight is 430 g/mol. The Kier molecular flexibility index (Phi) is 5.85. The fourth-order valence-electron chi connectivity index (χ4n) is 2.13. The Morgan fingerprint density at radius 2 is 1.89 bits per heavy atom. The molecule has 0 aliphatic heterocycles. The van der Waals surface area contributed by atoms with E-state index in [-0.39, 0.29) is 0 Å². The molecule has 0 saturated heterocycles. The molecule has 1 N–H and O–H groups in total. The van der Waals surface area contributed by atoms with Crippen LogP contribution >= 0.6 is 38.5 Å². The van der Waals surface area contributed by atoms with Crippen LogP contribution in [0.25, 0.3) is 0 Å². The van der Waals surface area contributed by atoms with Gasteiger partial charge in [0.15, 0.2) is 0 Å². The average Bonchev–Trinajstić information content (AvgIpc) is 2.41. The molecular formula is C16H17BrIN. The minimum absolute atomic E-state index is 0.376. The first-order valence-corrected chi connectivity index (χ1v) is 8.29. The number of rotatable bonds is 5. The summed E-state index contributed by atoms with van der Waals surface area (Å²) in [5.74, 6) is 0. The molecule has 2 aromatic carbocycles. The van der Waals surface area contributed by atoms with Crippen LogP contribution in [0.1, 0.15) is 24.1 Å². The van der Waals surface area contributed by atoms with Gasteiger partial charge in [-0.3, -0.25) is 0 Å². The predicted octanol–water partition coefficient (Wildman–Crippen LogP) is 4.95. The van der Waals surface area contributed by atoms with E-state index in [1.807, 2.05) is 0 Å². The number of benzene rings is 2. The molecule has 3 heteroatoms. The second-order valence-electron chi connectivity index (χ2n) is 4.50. The van der Waals surface area contributed by atoms with Crippen molar-refractivity contribution in [2.75, 3.05) is 6.54 Å². The topological polar surface area (TPSA) is 12.0 Å². The molecule has 1 unspecified atom stereocenters. The minimum Gasteiger partial charge on any atom is -0.310 e. The smallest absolute Gasteiger partial charge is 0.0361 e. The lowest BCUT2D eigenvalue weighted by molar-refractivity contribution is 0.549. The molecule has 0 heterocycles. The largest absolute Gasteiger partial charge is 0.310 e. The number of nitrogens with one attached hydrogen (secondary N) is 1. The molecule has 0 saturated carbocycles. The molecule has 19 heavy (non-hydrogen) atoms. The highest BCUT2D eigenvalue weighted by Gasteiger charge is 2.11. The third-order valence-electron chi connectivity index (χ3n) is 3.05. The van der Waals surface area contributed by atoms with Crippen LogP contribution in [0.15, 0.2) is 53.0 Å². The second-order valence-corrected chi connectivity index (χ2v) is 6.66. The fourth-order valence-corrected chi connectivity index (χ4v) is 2.97. The summed E-state index contributed by atoms with van der Waals surface area (Å²) < 4.78 is 2.42. The lowest BCUT2D eigenvalue weighted by Gasteiger charge is -2.19. The SMILES string of the molecule is CCNC(Cc1ccc(Br)cc1)c1cccc(I)c1. The Labute approximate surface area is 137 Å². The number of likely N-dealkylation sites (N-methyl/N-ethyl adjacent to an activating group) is 1. The van der Waals surface area contributed by atoms with Crippen molar-refractivity contribution in [2.24, 2.45) is 0 Å². The third-order valence-corrected chi connectivity index (χ3v) is 4.25. The van der Waals surface area contributed by atoms with Gasteiger partial charge in [-0.1, -0.05) is 47.1 Å². The summed E-state index contributed by atoms with van der Waals surface area (Å²) >= 11 is 5.85. The van der Waals surface area contributed by atoms with Crippen LogP contribution in [0, 0.1) is 3.57 Å². The van der Waals surface area contributed by atoms with E-state index < -0.39 is 0 Å². The van der Waals surface area contributed by atoms with Crippen molar-refractivity contribution in [3.8, 4) is 0 Å². The molecule has 0 aliphatic rings. The highest BCUT2D eigenvalue weighted by molar-refractivity contribution is 14.1. The van der Waals surface area contributed by atoms with Gasteiger partial charge in [-0.15, -0.1) is 0 Å². The van der Waals surface area contributed by atoms with E-state index in [1.54, 1.807) is 0 Å². The first-order chi connectivity index (χ1) is 9.19. The highest BCUT2D eigenvalue weighted by Crippen LogP contribution is 2.21. The lowest BCUT2D eigenvalue weighted by Crippen LogP contribution is -2.23. The van der Waals surface area contributed by atoms with Crippen LogP contribution in [-0.2, 0) is 6.42 Å². The highest BCUT2D eigenvalue weighted by atomic mass is 127. The Morgan fingerprint density at radius 3 is 2.53 bits per heavy atom. The van der Waals surface area contributed by atoms with Crippen LogP contribution in [0.4, 0.5) is 0 Å². The standard InChI is InChI=1S/C16H17BrIN/c1-2-19-16(13-4-3-5-15(18)11-13)10-12-6-8-14(17)9-7-12/h3-9,11,16,19H,2,10H2,1H3. The second kappa shape index (κ2) is 7.41. The Balaban J connectivity index is 2.18. The Hall–Kier alpha value is -0.390. The van der Waals surface area contributed by atoms with Crippen LogP contribution in [0.2, 0.25) is 0 Å². The Morgan fingerprint density at radius 1 is 1.16 bits per heavy atom. The molecule has 0 aliphatic carbocycles. The first kappa shape index (κ1) is 15.0. The zero-order valence-electron chi connectivity index (χ0n) is 10.9. The van der Waals surface area contributed by atoms with Gasteiger partial charge in [0, 0.05) is 14.1 Å². The van der Waals surface area contributed by atoms with E-state index in [1.165, 1.54) is 14.7 Å². The number of halogens is 2. The summed E-state index contributed by atoms with van der Waals surface area (Å²) in [5, 5.41) is 3.57. The molecule has 1 nitrogen and oxygen atoms in total. The van der Waals surface area contributed by atoms with Crippen molar-refractivity contribution in [3.05, 3.63) is 67.7 Å². The Bertz CT molecular complexity index is 525. The van der Waals surface area contributed by atoms with E-state index in [0.29, 0.717) is 6.04 Å². The van der Waals surface area contributed by atoms with E-state index in [9.17, 15) is 0 Å². The van der Waals surface area contributed by atoms with Crippen molar-refractivity contribution < 1.29 is 0 Å². The first-order valence-electron chi connectivity index (χ1n) is 6.42. The summed E-state index contributed by atoms with van der Waals surface area (Å²) in [6.07, 6.45) is 1.02. The third kappa shape index (κ3) is 4.58. The van der Waals surface area contributed by atoms with Crippen LogP contribution in [0.5, 0.6) is 0 Å². The van der Waals surface area contributed by atoms with Crippen molar-refractivity contribution in [3.63, 3.8) is 0 Å². The van der Waals surface area contributed by atoms with Gasteiger partial charge < -0.3 is 5.32 Å². The summed E-state index contributed by atoms with van der Waals surface area (Å²) in [6.45, 7) is 3.13. The van der Waals surface area contributed by atoms with E-state index >= 15 is 0 Å². The van der Waals surface area contributed by atoms with Gasteiger partial charge in [0.1, 0.15) is 0 Å². The van der Waals surface area contributed by atoms with Crippen molar-refractivity contribution >= 4 is 38.5 Å². The van der Waals surface area contributed by atoms with Crippen molar-refractivity contribution in [1.29, 1.82) is 0 Å². The molecule has 2 aromatic rings. The zero-order chi connectivity index (χ0) is 13.7. The minimum atomic E-state index is 0.376. The van der Waals surface area contributed by atoms with Crippen LogP contribution < -0.4 is 5.32 Å². The van der Waals surface area contributed by atoms with Crippen molar-refractivity contribution in [1.82, 2.24) is 5.32 Å². The summed E-state index contributed by atoms with van der Waals surface area (Å²) in [7, 11) is 0. The normalized spacial score (nSPS) is 12.4. The van der Waals surface area contributed by atoms with Gasteiger partial charge in [0.05, 0.1) is 0 Å². The molecule has 100 valence electrons. The van der Waals surface area contributed by atoms with Crippen LogP contribution in [-0.4, -0.2) is 6.54 Å². The molecule has 1 atom stereocenters. The monoisotopic (exact) mass is 429 g/mol. The van der Waals surface area contributed by atoms with Crippen LogP contribution in [0.3, 0.4) is 0 Å². The molecule has 0 fully saturated rings. The predicted molar refractivity (Wildman–Crippen MR) is 93.4 cm³/mol. The molecule has 0 aromatic heterocycles. The number of hydrogen-bond acceptors (Lipinski definition) is 1. The summed E-state index contributed by atoms with van der Waals surface area (Å²) in [4.78, 5) is 0. The lowest BCUT2D eigenvalue weighted by atomic mass is 9.99. The van der Waals surface area contributed by atoms with E-state index in [4.69, 9.17) is 0 Å². The molecule has 0 amide bonds. The molecule has 2 rings (SSSR count). The van der Waals surface area contributed by atoms with E-state index in [0.717, 1.165) is 17.4 Å². The van der Waals surface area contributed by atoms with Gasteiger partial charge in [0.25, 0.3) is 0 Å². The maximum absolute atomic E-state index is 3.57. The fraction of sp³-hybridized carbons (Fsp3) is 0.250. The number of hydrogen-bond donors (Lipinski definition) is 1. The van der Waals surface area contributed by atoms with Gasteiger partial charge in [0.2, 0.25) is 0 Å². The molecule has 0 bridgehead atoms. The van der Waals surface area contributed by atoms with Gasteiger partial charge in [-0.05, 0) is 70.9 Å². The van der Waals surface area contributed by atoms with E-state index in [2.05, 4.69) is 99.3 Å². The van der Waals surface area contributed by atoms with Gasteiger partial charge in [-0.2, -0.15) is 0 Å². The molecular weight excluding hydrogens is 413 g/mol.